The molecule has 0 saturated heterocycles. The average Bonchev–Trinajstić information content (AvgIpc) is 3.00. The van der Waals surface area contributed by atoms with E-state index in [0.29, 0.717) is 19.4 Å². The van der Waals surface area contributed by atoms with Crippen LogP contribution in [0.15, 0.2) is 54.6 Å². The van der Waals surface area contributed by atoms with E-state index in [9.17, 15) is 9.90 Å². The van der Waals surface area contributed by atoms with Gasteiger partial charge in [-0.25, -0.2) is 4.68 Å². The van der Waals surface area contributed by atoms with E-state index in [1.165, 1.54) is 0 Å². The molecule has 0 amide bonds. The van der Waals surface area contributed by atoms with Gasteiger partial charge in [0.05, 0.1) is 12.2 Å². The lowest BCUT2D eigenvalue weighted by molar-refractivity contribution is -0.137. The van der Waals surface area contributed by atoms with Crippen LogP contribution in [0.5, 0.6) is 5.88 Å². The first kappa shape index (κ1) is 20.6. The van der Waals surface area contributed by atoms with Crippen molar-refractivity contribution in [2.24, 2.45) is 0 Å². The molecule has 1 aromatic heterocycles. The van der Waals surface area contributed by atoms with Crippen LogP contribution in [0.2, 0.25) is 0 Å². The third-order valence-corrected chi connectivity index (χ3v) is 5.03. The van der Waals surface area contributed by atoms with E-state index in [2.05, 4.69) is 18.9 Å². The Hall–Kier alpha value is -3.08. The molecule has 0 atom stereocenters. The molecule has 0 spiro atoms. The Morgan fingerprint density at radius 2 is 1.66 bits per heavy atom. The van der Waals surface area contributed by atoms with Gasteiger partial charge in [0.15, 0.2) is 0 Å². The quantitative estimate of drug-likeness (QED) is 0.551. The van der Waals surface area contributed by atoms with E-state index in [1.807, 2.05) is 54.6 Å². The van der Waals surface area contributed by atoms with Crippen LogP contribution in [-0.4, -0.2) is 26.0 Å². The van der Waals surface area contributed by atoms with Crippen molar-refractivity contribution in [2.45, 2.75) is 52.0 Å². The molecule has 1 heterocycles. The molecule has 2 aromatic carbocycles. The topological polar surface area (TPSA) is 75.3 Å². The summed E-state index contributed by atoms with van der Waals surface area (Å²) in [5.74, 6) is -0.322. The smallest absolute Gasteiger partial charge is 0.303 e. The summed E-state index contributed by atoms with van der Waals surface area (Å²) in [5, 5.41) is 24.3. The lowest BCUT2D eigenvalue weighted by atomic mass is 9.98. The summed E-state index contributed by atoms with van der Waals surface area (Å²) in [6.07, 6.45) is 2.20. The van der Waals surface area contributed by atoms with Crippen LogP contribution in [0.3, 0.4) is 0 Å². The highest BCUT2D eigenvalue weighted by Gasteiger charge is 2.20. The monoisotopic (exact) mass is 392 g/mol. The molecule has 0 unspecified atom stereocenters. The number of benzene rings is 2. The summed E-state index contributed by atoms with van der Waals surface area (Å²) in [7, 11) is 0. The molecular weight excluding hydrogens is 364 g/mol. The van der Waals surface area contributed by atoms with E-state index in [-0.39, 0.29) is 18.2 Å². The van der Waals surface area contributed by atoms with Gasteiger partial charge in [-0.15, -0.1) is 0 Å². The average molecular weight is 392 g/mol. The van der Waals surface area contributed by atoms with Gasteiger partial charge in [-0.2, -0.15) is 5.10 Å². The number of aryl methyl sites for hydroxylation is 1. The van der Waals surface area contributed by atoms with Crippen LogP contribution >= 0.6 is 0 Å². The lowest BCUT2D eigenvalue weighted by Gasteiger charge is -2.07. The Kier molecular flexibility index (Phi) is 6.70. The number of aromatic nitrogens is 2. The van der Waals surface area contributed by atoms with E-state index < -0.39 is 5.97 Å². The van der Waals surface area contributed by atoms with Crippen molar-refractivity contribution in [2.75, 3.05) is 0 Å². The molecule has 0 radical (unpaired) electrons. The van der Waals surface area contributed by atoms with Crippen LogP contribution in [0, 0.1) is 0 Å². The molecule has 5 nitrogen and oxygen atoms in total. The first-order valence-corrected chi connectivity index (χ1v) is 10.1. The first-order chi connectivity index (χ1) is 13.9. The fraction of sp³-hybridized carbons (Fsp3) is 0.333. The highest BCUT2D eigenvalue weighted by molar-refractivity contribution is 5.66. The Labute approximate surface area is 171 Å². The van der Waals surface area contributed by atoms with Crippen LogP contribution in [0.25, 0.3) is 0 Å². The van der Waals surface area contributed by atoms with Gasteiger partial charge in [0.2, 0.25) is 5.88 Å². The van der Waals surface area contributed by atoms with Crippen LogP contribution in [-0.2, 0) is 24.2 Å². The maximum atomic E-state index is 10.8. The zero-order valence-corrected chi connectivity index (χ0v) is 17.0. The maximum Gasteiger partial charge on any atom is 0.303 e. The molecule has 0 bridgehead atoms. The van der Waals surface area contributed by atoms with Gasteiger partial charge in [0.1, 0.15) is 0 Å². The second-order valence-corrected chi connectivity index (χ2v) is 7.73. The summed E-state index contributed by atoms with van der Waals surface area (Å²) in [6.45, 7) is 4.71. The minimum atomic E-state index is -0.758. The van der Waals surface area contributed by atoms with E-state index in [0.717, 1.165) is 34.4 Å². The number of carbonyl (C=O) groups is 1. The Bertz CT molecular complexity index is 944. The van der Waals surface area contributed by atoms with Gasteiger partial charge in [-0.3, -0.25) is 4.79 Å². The molecule has 3 rings (SSSR count). The number of hydrogen-bond acceptors (Lipinski definition) is 3. The van der Waals surface area contributed by atoms with Crippen molar-refractivity contribution in [1.82, 2.24) is 9.78 Å². The zero-order chi connectivity index (χ0) is 20.8. The standard InChI is InChI=1S/C24H28N2O3/c1-17(2)23-21(24(29)26(25-23)16-20-7-4-3-5-8-20)15-19-13-11-18(12-14-19)9-6-10-22(27)28/h3-5,7-8,11-14,17,29H,6,9-10,15-16H2,1-2H3,(H,27,28). The van der Waals surface area contributed by atoms with E-state index >= 15 is 0 Å². The number of carboxylic acid groups (broad SMARTS) is 1. The Balaban J connectivity index is 1.76. The third-order valence-electron chi connectivity index (χ3n) is 5.03. The predicted octanol–water partition coefficient (Wildman–Crippen LogP) is 4.76. The minimum absolute atomic E-state index is 0.188. The molecule has 0 fully saturated rings. The van der Waals surface area contributed by atoms with Crippen molar-refractivity contribution in [3.8, 4) is 5.88 Å². The van der Waals surface area contributed by atoms with Crippen molar-refractivity contribution in [3.05, 3.63) is 82.5 Å². The van der Waals surface area contributed by atoms with Gasteiger partial charge in [-0.1, -0.05) is 68.4 Å². The normalized spacial score (nSPS) is 11.1. The van der Waals surface area contributed by atoms with Crippen LogP contribution in [0.1, 0.15) is 60.6 Å². The van der Waals surface area contributed by atoms with Gasteiger partial charge >= 0.3 is 5.97 Å². The first-order valence-electron chi connectivity index (χ1n) is 10.1. The number of aromatic hydroxyl groups is 1. The molecule has 0 aliphatic rings. The highest BCUT2D eigenvalue weighted by Crippen LogP contribution is 2.30. The molecular formula is C24H28N2O3. The molecule has 29 heavy (non-hydrogen) atoms. The fourth-order valence-corrected chi connectivity index (χ4v) is 3.48. The number of carboxylic acids is 1. The van der Waals surface area contributed by atoms with Gasteiger partial charge in [0, 0.05) is 18.4 Å². The molecule has 2 N–H and O–H groups in total. The molecule has 0 aliphatic heterocycles. The summed E-state index contributed by atoms with van der Waals surface area (Å²) in [5.41, 5.74) is 5.11. The minimum Gasteiger partial charge on any atom is -0.493 e. The third kappa shape index (κ3) is 5.47. The number of rotatable bonds is 9. The van der Waals surface area contributed by atoms with Gasteiger partial charge < -0.3 is 10.2 Å². The summed E-state index contributed by atoms with van der Waals surface area (Å²) in [4.78, 5) is 10.7. The second kappa shape index (κ2) is 9.41. The summed E-state index contributed by atoms with van der Waals surface area (Å²) in [6, 6.07) is 18.2. The van der Waals surface area contributed by atoms with Crippen molar-refractivity contribution < 1.29 is 15.0 Å². The molecule has 5 heteroatoms. The van der Waals surface area contributed by atoms with E-state index in [1.54, 1.807) is 4.68 Å². The molecule has 0 saturated carbocycles. The van der Waals surface area contributed by atoms with Crippen molar-refractivity contribution >= 4 is 5.97 Å². The lowest BCUT2D eigenvalue weighted by Crippen LogP contribution is -2.02. The number of hydrogen-bond donors (Lipinski definition) is 2. The summed E-state index contributed by atoms with van der Waals surface area (Å²) >= 11 is 0. The van der Waals surface area contributed by atoms with E-state index in [4.69, 9.17) is 5.11 Å². The largest absolute Gasteiger partial charge is 0.493 e. The van der Waals surface area contributed by atoms with Gasteiger partial charge in [-0.05, 0) is 35.4 Å². The zero-order valence-electron chi connectivity index (χ0n) is 17.0. The Morgan fingerprint density at radius 1 is 1.00 bits per heavy atom. The fourth-order valence-electron chi connectivity index (χ4n) is 3.48. The number of aliphatic carboxylic acids is 1. The Morgan fingerprint density at radius 3 is 2.28 bits per heavy atom. The molecule has 0 aliphatic carbocycles. The molecule has 152 valence electrons. The SMILES string of the molecule is CC(C)c1nn(Cc2ccccc2)c(O)c1Cc1ccc(CCCC(=O)O)cc1. The summed E-state index contributed by atoms with van der Waals surface area (Å²) < 4.78 is 1.68. The van der Waals surface area contributed by atoms with Crippen LogP contribution < -0.4 is 0 Å². The number of nitrogens with zero attached hydrogens (tertiary/aromatic N) is 2. The molecule has 3 aromatic rings. The highest BCUT2D eigenvalue weighted by atomic mass is 16.4. The second-order valence-electron chi connectivity index (χ2n) is 7.73. The van der Waals surface area contributed by atoms with Crippen molar-refractivity contribution in [1.29, 1.82) is 0 Å². The predicted molar refractivity (Wildman–Crippen MR) is 113 cm³/mol. The maximum absolute atomic E-state index is 10.8. The van der Waals surface area contributed by atoms with Crippen LogP contribution in [0.4, 0.5) is 0 Å². The van der Waals surface area contributed by atoms with Crippen molar-refractivity contribution in [3.63, 3.8) is 0 Å². The van der Waals surface area contributed by atoms with Gasteiger partial charge in [0.25, 0.3) is 0 Å².